The summed E-state index contributed by atoms with van der Waals surface area (Å²) in [5.74, 6) is -1.90. The molecule has 0 spiro atoms. The second-order valence-corrected chi connectivity index (χ2v) is 18.4. The standard InChI is InChI=1S/C24H17FN4O3.C20H15FN4O3.C18H13FN6O3/c1-31-21-12-15(25)7-9-20(21)32-24-22(28-17-4-2-3-5-18(17)29-24)23(30)27-16-8-6-14-10-11-26-19(14)13-16;1-27-17-10-12(21)6-7-16(17)28-20-18(19(26)23-13-8-9-22-11-13)24-14-4-2-3-5-15(14)25-20;1-27-14-8-10(19)6-7-13(14)28-17-15(16(26)24-18-20-9-21-25-18)22-11-4-2-3-5-12(11)23-17/h2-9,11-13H,10H2,1H3,(H,27,30);2-11,22H,1H3,(H,23,26);2-9H,1H3,(H2,20,21,24,25,26). The molecule has 1 aliphatic heterocycles. The largest absolute Gasteiger partial charge is 0.493 e. The van der Waals surface area contributed by atoms with E-state index in [1.54, 1.807) is 91.3 Å². The van der Waals surface area contributed by atoms with Gasteiger partial charge in [-0.15, -0.1) is 0 Å². The fourth-order valence-electron chi connectivity index (χ4n) is 8.49. The van der Waals surface area contributed by atoms with E-state index < -0.39 is 35.2 Å². The number of rotatable bonds is 15. The molecule has 3 amide bonds. The van der Waals surface area contributed by atoms with Crippen LogP contribution in [0.1, 0.15) is 37.0 Å². The number of hydrogen-bond acceptors (Lipinski definition) is 18. The van der Waals surface area contributed by atoms with Crippen molar-refractivity contribution in [2.75, 3.05) is 37.3 Å². The van der Waals surface area contributed by atoms with Gasteiger partial charge in [0.25, 0.3) is 35.4 Å². The molecule has 0 saturated carbocycles. The van der Waals surface area contributed by atoms with Crippen molar-refractivity contribution in [2.45, 2.75) is 6.42 Å². The Kier molecular flexibility index (Phi) is 17.0. The van der Waals surface area contributed by atoms with Crippen LogP contribution in [0.25, 0.3) is 33.1 Å². The Bertz CT molecular complexity index is 4410. The monoisotopic (exact) mass is 1190 g/mol. The molecule has 1 aliphatic rings. The van der Waals surface area contributed by atoms with Crippen molar-refractivity contribution in [3.05, 3.63) is 210 Å². The van der Waals surface area contributed by atoms with E-state index in [0.29, 0.717) is 44.5 Å². The molecule has 0 bridgehead atoms. The highest BCUT2D eigenvalue weighted by molar-refractivity contribution is 6.07. The summed E-state index contributed by atoms with van der Waals surface area (Å²) < 4.78 is 73.4. The zero-order valence-corrected chi connectivity index (χ0v) is 46.3. The van der Waals surface area contributed by atoms with E-state index in [4.69, 9.17) is 28.4 Å². The molecule has 0 atom stereocenters. The maximum atomic E-state index is 13.6. The number of nitrogens with one attached hydrogen (secondary N) is 5. The van der Waals surface area contributed by atoms with Crippen LogP contribution in [0.15, 0.2) is 175 Å². The Morgan fingerprint density at radius 3 is 1.28 bits per heavy atom. The van der Waals surface area contributed by atoms with Crippen LogP contribution in [0.3, 0.4) is 0 Å². The molecule has 26 heteroatoms. The molecule has 0 saturated heterocycles. The number of aromatic nitrogens is 10. The Labute approximate surface area is 495 Å². The van der Waals surface area contributed by atoms with Gasteiger partial charge in [-0.3, -0.25) is 24.7 Å². The third-order valence-corrected chi connectivity index (χ3v) is 12.6. The summed E-state index contributed by atoms with van der Waals surface area (Å²) in [7, 11) is 4.18. The minimum atomic E-state index is -0.605. The highest BCUT2D eigenvalue weighted by atomic mass is 19.1. The number of aliphatic imine (C=N–C) groups is 1. The molecule has 13 rings (SSSR count). The Balaban J connectivity index is 0.000000137. The maximum Gasteiger partial charge on any atom is 0.282 e. The van der Waals surface area contributed by atoms with Crippen LogP contribution >= 0.6 is 0 Å². The summed E-state index contributed by atoms with van der Waals surface area (Å²) in [5.41, 5.74) is 6.17. The summed E-state index contributed by atoms with van der Waals surface area (Å²) in [6.07, 6.45) is 7.17. The van der Waals surface area contributed by atoms with Crippen LogP contribution in [-0.2, 0) is 6.42 Å². The lowest BCUT2D eigenvalue weighted by molar-refractivity contribution is 0.101. The highest BCUT2D eigenvalue weighted by Gasteiger charge is 2.25. The van der Waals surface area contributed by atoms with Crippen molar-refractivity contribution >= 4 is 80.0 Å². The average Bonchev–Trinajstić information content (AvgIpc) is 3.93. The molecule has 438 valence electrons. The van der Waals surface area contributed by atoms with Crippen molar-refractivity contribution in [1.82, 2.24) is 50.1 Å². The quantitative estimate of drug-likeness (QED) is 0.0637. The summed E-state index contributed by atoms with van der Waals surface area (Å²) in [4.78, 5) is 76.1. The summed E-state index contributed by atoms with van der Waals surface area (Å²) in [5, 5.41) is 14.3. The number of amides is 3. The maximum absolute atomic E-state index is 13.6. The van der Waals surface area contributed by atoms with Gasteiger partial charge < -0.3 is 44.0 Å². The van der Waals surface area contributed by atoms with Crippen LogP contribution < -0.4 is 44.4 Å². The Morgan fingerprint density at radius 2 is 0.886 bits per heavy atom. The summed E-state index contributed by atoms with van der Waals surface area (Å²) in [6, 6.07) is 39.9. The van der Waals surface area contributed by atoms with Crippen LogP contribution in [0, 0.1) is 17.5 Å². The van der Waals surface area contributed by atoms with E-state index in [1.165, 1.54) is 76.2 Å². The number of methoxy groups -OCH3 is 3. The third-order valence-electron chi connectivity index (χ3n) is 12.6. The first-order chi connectivity index (χ1) is 42.9. The summed E-state index contributed by atoms with van der Waals surface area (Å²) in [6.45, 7) is 0. The number of carbonyl (C=O) groups excluding carboxylic acids is 3. The van der Waals surface area contributed by atoms with Crippen LogP contribution in [0.4, 0.5) is 36.2 Å². The molecule has 0 aliphatic carbocycles. The number of halogens is 3. The summed E-state index contributed by atoms with van der Waals surface area (Å²) >= 11 is 0. The number of para-hydroxylation sites is 6. The molecule has 7 aromatic carbocycles. The molecule has 6 heterocycles. The number of H-pyrrole nitrogens is 2. The van der Waals surface area contributed by atoms with E-state index in [1.807, 2.05) is 24.4 Å². The lowest BCUT2D eigenvalue weighted by Crippen LogP contribution is -2.17. The second-order valence-electron chi connectivity index (χ2n) is 18.4. The Hall–Kier alpha value is -12.4. The van der Waals surface area contributed by atoms with Gasteiger partial charge in [-0.05, 0) is 96.6 Å². The SMILES string of the molecule is COc1cc(F)ccc1Oc1nc2ccccc2nc1C(=O)Nc1cc[nH]c1.COc1cc(F)ccc1Oc1nc2ccccc2nc1C(=O)Nc1ccc2c(c1)N=CC2.COc1cc(F)ccc1Oc1nc2ccccc2nc1C(=O)Nc1ncn[nH]1. The van der Waals surface area contributed by atoms with Gasteiger partial charge in [0.15, 0.2) is 51.6 Å². The molecule has 5 N–H and O–H groups in total. The molecule has 0 radical (unpaired) electrons. The van der Waals surface area contributed by atoms with E-state index in [9.17, 15) is 27.6 Å². The molecular formula is C62H45F3N14O9. The van der Waals surface area contributed by atoms with Crippen molar-refractivity contribution < 1.29 is 56.0 Å². The number of anilines is 3. The Morgan fingerprint density at radius 1 is 0.466 bits per heavy atom. The van der Waals surface area contributed by atoms with E-state index in [2.05, 4.69) is 71.0 Å². The molecule has 0 unspecified atom stereocenters. The van der Waals surface area contributed by atoms with Gasteiger partial charge in [0.1, 0.15) is 23.8 Å². The van der Waals surface area contributed by atoms with Crippen LogP contribution in [0.5, 0.6) is 52.1 Å². The minimum Gasteiger partial charge on any atom is -0.493 e. The molecule has 88 heavy (non-hydrogen) atoms. The smallest absolute Gasteiger partial charge is 0.282 e. The van der Waals surface area contributed by atoms with Gasteiger partial charge in [0.2, 0.25) is 5.95 Å². The fraction of sp³-hybridized carbons (Fsp3) is 0.0645. The molecule has 12 aromatic rings. The van der Waals surface area contributed by atoms with Gasteiger partial charge >= 0.3 is 0 Å². The first kappa shape index (κ1) is 57.5. The first-order valence-corrected chi connectivity index (χ1v) is 26.3. The van der Waals surface area contributed by atoms with Crippen molar-refractivity contribution in [3.8, 4) is 52.1 Å². The van der Waals surface area contributed by atoms with Gasteiger partial charge in [-0.25, -0.2) is 48.2 Å². The number of fused-ring (bicyclic) bond motifs is 4. The number of ether oxygens (including phenoxy) is 6. The van der Waals surface area contributed by atoms with Crippen LogP contribution in [-0.4, -0.2) is 95.3 Å². The van der Waals surface area contributed by atoms with Gasteiger partial charge in [0.05, 0.1) is 65.8 Å². The predicted octanol–water partition coefficient (Wildman–Crippen LogP) is 12.2. The zero-order valence-electron chi connectivity index (χ0n) is 46.3. The predicted molar refractivity (Wildman–Crippen MR) is 317 cm³/mol. The van der Waals surface area contributed by atoms with Gasteiger partial charge in [0, 0.05) is 48.9 Å². The number of hydrogen-bond donors (Lipinski definition) is 5. The number of carbonyl (C=O) groups is 3. The topological polar surface area (TPSA) is 290 Å². The normalized spacial score (nSPS) is 11.1. The van der Waals surface area contributed by atoms with Crippen LogP contribution in [0.2, 0.25) is 0 Å². The molecule has 23 nitrogen and oxygen atoms in total. The lowest BCUT2D eigenvalue weighted by Gasteiger charge is -2.13. The molecular weight excluding hydrogens is 1140 g/mol. The average molecular weight is 1190 g/mol. The van der Waals surface area contributed by atoms with E-state index in [0.717, 1.165) is 23.7 Å². The third kappa shape index (κ3) is 13.3. The molecule has 5 aromatic heterocycles. The van der Waals surface area contributed by atoms with Gasteiger partial charge in [-0.2, -0.15) is 10.1 Å². The van der Waals surface area contributed by atoms with Crippen molar-refractivity contribution in [1.29, 1.82) is 0 Å². The molecule has 0 fully saturated rings. The van der Waals surface area contributed by atoms with E-state index in [-0.39, 0.29) is 75.2 Å². The fourth-order valence-corrected chi connectivity index (χ4v) is 8.49. The van der Waals surface area contributed by atoms with E-state index >= 15 is 0 Å². The minimum absolute atomic E-state index is 0.00808. The second kappa shape index (κ2) is 26.1. The highest BCUT2D eigenvalue weighted by Crippen LogP contribution is 2.37. The number of nitrogens with zero attached hydrogens (tertiary/aromatic N) is 9. The van der Waals surface area contributed by atoms with Gasteiger partial charge in [-0.1, -0.05) is 42.5 Å². The van der Waals surface area contributed by atoms with Crippen molar-refractivity contribution in [2.24, 2.45) is 4.99 Å². The lowest BCUT2D eigenvalue weighted by atomic mass is 10.1. The first-order valence-electron chi connectivity index (χ1n) is 26.3. The van der Waals surface area contributed by atoms with Crippen molar-refractivity contribution in [3.63, 3.8) is 0 Å². The zero-order chi connectivity index (χ0) is 61.1. The number of benzene rings is 7. The number of aromatic amines is 2.